The van der Waals surface area contributed by atoms with Crippen molar-refractivity contribution in [3.05, 3.63) is 63.4 Å². The van der Waals surface area contributed by atoms with E-state index in [0.29, 0.717) is 12.2 Å². The van der Waals surface area contributed by atoms with Crippen LogP contribution in [0.25, 0.3) is 0 Å². The van der Waals surface area contributed by atoms with Gasteiger partial charge in [-0.05, 0) is 32.4 Å². The van der Waals surface area contributed by atoms with E-state index >= 15 is 4.39 Å². The van der Waals surface area contributed by atoms with Crippen LogP contribution in [-0.2, 0) is 23.4 Å². The van der Waals surface area contributed by atoms with Crippen LogP contribution in [0.1, 0.15) is 39.8 Å². The summed E-state index contributed by atoms with van der Waals surface area (Å²) in [6, 6.07) is 8.74. The van der Waals surface area contributed by atoms with Gasteiger partial charge >= 0.3 is 19.2 Å². The highest BCUT2D eigenvalue weighted by atomic mass is 31.2. The van der Waals surface area contributed by atoms with Gasteiger partial charge in [-0.3, -0.25) is 23.7 Å². The van der Waals surface area contributed by atoms with Crippen LogP contribution in [0.15, 0.2) is 52.2 Å². The highest BCUT2D eigenvalue weighted by Gasteiger charge is 2.48. The number of nitrogens with zero attached hydrogens (tertiary/aromatic N) is 1. The van der Waals surface area contributed by atoms with Gasteiger partial charge in [0.05, 0.1) is 19.3 Å². The van der Waals surface area contributed by atoms with Gasteiger partial charge in [-0.25, -0.2) is 14.3 Å². The fraction of sp³-hybridized carbons (Fsp3) is 0.522. The van der Waals surface area contributed by atoms with Crippen LogP contribution < -0.4 is 21.1 Å². The number of benzene rings is 1. The molecule has 13 heteroatoms. The Labute approximate surface area is 207 Å². The predicted octanol–water partition coefficient (Wildman–Crippen LogP) is 2.73. The zero-order valence-corrected chi connectivity index (χ0v) is 21.2. The second kappa shape index (κ2) is 12.0. The molecule has 0 amide bonds. The molecule has 2 heterocycles. The van der Waals surface area contributed by atoms with Gasteiger partial charge in [-0.2, -0.15) is 0 Å². The fourth-order valence-electron chi connectivity index (χ4n) is 3.65. The van der Waals surface area contributed by atoms with E-state index in [9.17, 15) is 18.9 Å². The van der Waals surface area contributed by atoms with E-state index in [4.69, 9.17) is 18.7 Å². The SMILES string of the molecule is CCCOC(=O)[C@H](C)N[P@](=O)(COc1ccccc1)OC[C@@H]1C[C@@](C)(F)[C@H](n2ccc(=O)[nH]c2=O)O1. The molecular weight excluding hydrogens is 496 g/mol. The molecule has 3 rings (SSSR count). The zero-order valence-electron chi connectivity index (χ0n) is 20.3. The van der Waals surface area contributed by atoms with Gasteiger partial charge in [0.2, 0.25) is 0 Å². The van der Waals surface area contributed by atoms with Crippen molar-refractivity contribution in [1.82, 2.24) is 14.6 Å². The first-order chi connectivity index (χ1) is 17.0. The molecule has 2 N–H and O–H groups in total. The first kappa shape index (κ1) is 27.8. The number of carbonyl (C=O) groups is 1. The van der Waals surface area contributed by atoms with Gasteiger partial charge in [0, 0.05) is 18.7 Å². The Morgan fingerprint density at radius 2 is 2.06 bits per heavy atom. The molecule has 5 atom stereocenters. The number of carbonyl (C=O) groups excluding carboxylic acids is 1. The number of hydrogen-bond donors (Lipinski definition) is 2. The standard InChI is InChI=1S/C23H31FN3O8P/c1-4-12-32-20(29)16(2)26-36(31,15-33-17-8-6-5-7-9-17)34-14-18-13-23(3,24)21(35-18)27-11-10-19(28)25-22(27)30/h5-11,16,18,21H,4,12-15H2,1-3H3,(H,26,31)(H,25,28,30)/t16-,18-,21+,23+,36-/m0/s1. The average Bonchev–Trinajstić information content (AvgIpc) is 3.14. The van der Waals surface area contributed by atoms with Crippen molar-refractivity contribution >= 4 is 13.5 Å². The summed E-state index contributed by atoms with van der Waals surface area (Å²) in [4.78, 5) is 37.8. The maximum atomic E-state index is 15.3. The molecule has 0 aliphatic carbocycles. The summed E-state index contributed by atoms with van der Waals surface area (Å²) < 4.78 is 52.0. The summed E-state index contributed by atoms with van der Waals surface area (Å²) in [7, 11) is -3.82. The molecule has 0 unspecified atom stereocenters. The molecule has 1 aromatic carbocycles. The predicted molar refractivity (Wildman–Crippen MR) is 129 cm³/mol. The minimum atomic E-state index is -3.82. The van der Waals surface area contributed by atoms with Gasteiger partial charge < -0.3 is 18.7 Å². The molecule has 36 heavy (non-hydrogen) atoms. The number of hydrogen-bond acceptors (Lipinski definition) is 8. The minimum absolute atomic E-state index is 0.170. The molecule has 0 radical (unpaired) electrons. The number of aromatic nitrogens is 2. The van der Waals surface area contributed by atoms with Crippen LogP contribution in [0.3, 0.4) is 0 Å². The van der Waals surface area contributed by atoms with Crippen molar-refractivity contribution in [3.63, 3.8) is 0 Å². The van der Waals surface area contributed by atoms with Gasteiger partial charge in [-0.15, -0.1) is 0 Å². The maximum Gasteiger partial charge on any atom is 0.330 e. The molecule has 1 fully saturated rings. The Morgan fingerprint density at radius 3 is 2.72 bits per heavy atom. The molecule has 11 nitrogen and oxygen atoms in total. The summed E-state index contributed by atoms with van der Waals surface area (Å²) in [6.07, 6.45) is -1.01. The number of esters is 1. The lowest BCUT2D eigenvalue weighted by Gasteiger charge is -2.24. The summed E-state index contributed by atoms with van der Waals surface area (Å²) in [5.74, 6) is -0.165. The van der Waals surface area contributed by atoms with Crippen molar-refractivity contribution in [3.8, 4) is 5.75 Å². The van der Waals surface area contributed by atoms with Gasteiger partial charge in [-0.1, -0.05) is 25.1 Å². The summed E-state index contributed by atoms with van der Waals surface area (Å²) in [5.41, 5.74) is -3.42. The number of para-hydroxylation sites is 1. The summed E-state index contributed by atoms with van der Waals surface area (Å²) in [5, 5.41) is 2.66. The second-order valence-corrected chi connectivity index (χ2v) is 10.8. The molecule has 0 bridgehead atoms. The van der Waals surface area contributed by atoms with E-state index in [2.05, 4.69) is 10.1 Å². The van der Waals surface area contributed by atoms with E-state index in [0.717, 1.165) is 16.8 Å². The number of ether oxygens (including phenoxy) is 3. The molecule has 0 spiro atoms. The largest absolute Gasteiger partial charge is 0.482 e. The lowest BCUT2D eigenvalue weighted by Crippen LogP contribution is -2.38. The van der Waals surface area contributed by atoms with E-state index in [1.165, 1.54) is 13.8 Å². The molecule has 2 aromatic rings. The van der Waals surface area contributed by atoms with Gasteiger partial charge in [0.15, 0.2) is 18.2 Å². The lowest BCUT2D eigenvalue weighted by atomic mass is 10.0. The third-order valence-corrected chi connectivity index (χ3v) is 7.19. The lowest BCUT2D eigenvalue weighted by molar-refractivity contribution is -0.145. The van der Waals surface area contributed by atoms with E-state index < -0.39 is 55.1 Å². The normalized spacial score (nSPS) is 24.1. The number of nitrogens with one attached hydrogen (secondary N) is 2. The monoisotopic (exact) mass is 527 g/mol. The van der Waals surface area contributed by atoms with Crippen LogP contribution >= 0.6 is 7.52 Å². The molecule has 1 aliphatic rings. The Bertz CT molecular complexity index is 1190. The van der Waals surface area contributed by atoms with E-state index in [1.807, 2.05) is 6.92 Å². The van der Waals surface area contributed by atoms with Crippen LogP contribution in [-0.4, -0.2) is 52.9 Å². The summed E-state index contributed by atoms with van der Waals surface area (Å²) >= 11 is 0. The Morgan fingerprint density at radius 1 is 1.33 bits per heavy atom. The highest BCUT2D eigenvalue weighted by Crippen LogP contribution is 2.46. The number of rotatable bonds is 12. The third kappa shape index (κ3) is 7.36. The average molecular weight is 527 g/mol. The minimum Gasteiger partial charge on any atom is -0.482 e. The molecule has 1 aromatic heterocycles. The zero-order chi connectivity index (χ0) is 26.3. The van der Waals surface area contributed by atoms with E-state index in [-0.39, 0.29) is 19.6 Å². The van der Waals surface area contributed by atoms with Crippen molar-refractivity contribution in [2.45, 2.75) is 57.7 Å². The first-order valence-electron chi connectivity index (χ1n) is 11.5. The van der Waals surface area contributed by atoms with Crippen LogP contribution in [0.2, 0.25) is 0 Å². The summed E-state index contributed by atoms with van der Waals surface area (Å²) in [6.45, 7) is 4.50. The molecule has 1 saturated heterocycles. The van der Waals surface area contributed by atoms with E-state index in [1.54, 1.807) is 30.3 Å². The second-order valence-electron chi connectivity index (χ2n) is 8.68. The Hall–Kier alpha value is -2.79. The number of aromatic amines is 1. The Kier molecular flexibility index (Phi) is 9.24. The van der Waals surface area contributed by atoms with Crippen LogP contribution in [0, 0.1) is 0 Å². The molecule has 0 saturated carbocycles. The van der Waals surface area contributed by atoms with Gasteiger partial charge in [0.1, 0.15) is 11.8 Å². The number of alkyl halides is 1. The molecular formula is C23H31FN3O8P. The van der Waals surface area contributed by atoms with Crippen molar-refractivity contribution in [2.24, 2.45) is 0 Å². The smallest absolute Gasteiger partial charge is 0.330 e. The molecule has 1 aliphatic heterocycles. The first-order valence-corrected chi connectivity index (χ1v) is 13.4. The van der Waals surface area contributed by atoms with Crippen LogP contribution in [0.5, 0.6) is 5.75 Å². The third-order valence-electron chi connectivity index (χ3n) is 5.37. The number of H-pyrrole nitrogens is 1. The highest BCUT2D eigenvalue weighted by molar-refractivity contribution is 7.56. The van der Waals surface area contributed by atoms with Crippen molar-refractivity contribution in [1.29, 1.82) is 0 Å². The fourth-order valence-corrected chi connectivity index (χ4v) is 5.30. The van der Waals surface area contributed by atoms with Gasteiger partial charge in [0.25, 0.3) is 5.56 Å². The Balaban J connectivity index is 1.71. The van der Waals surface area contributed by atoms with Crippen molar-refractivity contribution in [2.75, 3.05) is 19.6 Å². The quantitative estimate of drug-likeness (QED) is 0.315. The maximum absolute atomic E-state index is 15.3. The van der Waals surface area contributed by atoms with Crippen LogP contribution in [0.4, 0.5) is 4.39 Å². The topological polar surface area (TPSA) is 138 Å². The number of halogens is 1. The molecule has 198 valence electrons. The van der Waals surface area contributed by atoms with Crippen molar-refractivity contribution < 1.29 is 32.5 Å².